The molecule has 0 saturated carbocycles. The predicted octanol–water partition coefficient (Wildman–Crippen LogP) is 3.33. The van der Waals surface area contributed by atoms with Crippen molar-refractivity contribution in [3.8, 4) is 11.3 Å². The van der Waals surface area contributed by atoms with Crippen molar-refractivity contribution in [2.45, 2.75) is 25.2 Å². The predicted molar refractivity (Wildman–Crippen MR) is 86.1 cm³/mol. The van der Waals surface area contributed by atoms with Crippen LogP contribution in [-0.2, 0) is 16.0 Å². The molecule has 2 saturated heterocycles. The highest BCUT2D eigenvalue weighted by molar-refractivity contribution is 6.30. The number of rotatable bonds is 3. The number of aromatic nitrogens is 1. The molecule has 5 nitrogen and oxygen atoms in total. The van der Waals surface area contributed by atoms with Gasteiger partial charge in [0.05, 0.1) is 19.8 Å². The molecule has 0 atom stereocenters. The van der Waals surface area contributed by atoms with Crippen LogP contribution < -0.4 is 0 Å². The number of hydrogen-bond donors (Lipinski definition) is 0. The number of piperidine rings is 1. The van der Waals surface area contributed by atoms with Crippen LogP contribution in [0.1, 0.15) is 18.6 Å². The third-order valence-electron chi connectivity index (χ3n) is 4.51. The van der Waals surface area contributed by atoms with Gasteiger partial charge < -0.3 is 14.0 Å². The van der Waals surface area contributed by atoms with Gasteiger partial charge in [-0.15, -0.1) is 0 Å². The molecule has 122 valence electrons. The number of halogens is 1. The van der Waals surface area contributed by atoms with Crippen LogP contribution in [0, 0.1) is 0 Å². The van der Waals surface area contributed by atoms with Crippen molar-refractivity contribution in [2.75, 3.05) is 26.3 Å². The second-order valence-corrected chi connectivity index (χ2v) is 6.51. The van der Waals surface area contributed by atoms with Gasteiger partial charge in [0.15, 0.2) is 11.5 Å². The minimum absolute atomic E-state index is 0.327. The van der Waals surface area contributed by atoms with Gasteiger partial charge in [-0.05, 0) is 12.1 Å². The zero-order chi connectivity index (χ0) is 15.7. The lowest BCUT2D eigenvalue weighted by Crippen LogP contribution is -2.44. The monoisotopic (exact) mass is 334 g/mol. The molecule has 0 amide bonds. The Morgan fingerprint density at radius 2 is 1.78 bits per heavy atom. The molecule has 0 aliphatic carbocycles. The van der Waals surface area contributed by atoms with E-state index in [0.717, 1.165) is 54.5 Å². The molecule has 0 radical (unpaired) electrons. The van der Waals surface area contributed by atoms with Crippen LogP contribution >= 0.6 is 11.6 Å². The zero-order valence-electron chi connectivity index (χ0n) is 12.8. The van der Waals surface area contributed by atoms with Gasteiger partial charge >= 0.3 is 0 Å². The summed E-state index contributed by atoms with van der Waals surface area (Å²) in [5.74, 6) is 0.547. The van der Waals surface area contributed by atoms with E-state index >= 15 is 0 Å². The van der Waals surface area contributed by atoms with Crippen molar-refractivity contribution < 1.29 is 14.0 Å². The van der Waals surface area contributed by atoms with Gasteiger partial charge in [-0.25, -0.2) is 0 Å². The van der Waals surface area contributed by atoms with Crippen molar-refractivity contribution in [1.29, 1.82) is 0 Å². The summed E-state index contributed by atoms with van der Waals surface area (Å²) in [6.07, 6.45) is 1.82. The van der Waals surface area contributed by atoms with E-state index in [2.05, 4.69) is 10.1 Å². The summed E-state index contributed by atoms with van der Waals surface area (Å²) in [6, 6.07) is 9.61. The molecule has 0 N–H and O–H groups in total. The number of hydrogen-bond acceptors (Lipinski definition) is 5. The molecule has 4 rings (SSSR count). The van der Waals surface area contributed by atoms with E-state index in [1.54, 1.807) is 0 Å². The Bertz CT molecular complexity index is 655. The summed E-state index contributed by atoms with van der Waals surface area (Å²) in [7, 11) is 0. The van der Waals surface area contributed by atoms with E-state index in [4.69, 9.17) is 25.6 Å². The summed E-state index contributed by atoms with van der Waals surface area (Å²) < 4.78 is 17.0. The Balaban J connectivity index is 1.38. The number of nitrogens with zero attached hydrogens (tertiary/aromatic N) is 2. The van der Waals surface area contributed by atoms with Crippen LogP contribution in [-0.4, -0.2) is 42.1 Å². The summed E-state index contributed by atoms with van der Waals surface area (Å²) in [5.41, 5.74) is 1.85. The first-order valence-corrected chi connectivity index (χ1v) is 8.32. The normalized spacial score (nSPS) is 21.1. The van der Waals surface area contributed by atoms with E-state index in [9.17, 15) is 0 Å². The molecule has 3 heterocycles. The number of ether oxygens (including phenoxy) is 2. The van der Waals surface area contributed by atoms with Gasteiger partial charge in [0, 0.05) is 42.6 Å². The van der Waals surface area contributed by atoms with Crippen molar-refractivity contribution in [3.63, 3.8) is 0 Å². The van der Waals surface area contributed by atoms with E-state index in [0.29, 0.717) is 13.2 Å². The maximum atomic E-state index is 5.91. The van der Waals surface area contributed by atoms with Gasteiger partial charge in [-0.2, -0.15) is 0 Å². The van der Waals surface area contributed by atoms with Crippen LogP contribution in [0.25, 0.3) is 11.3 Å². The van der Waals surface area contributed by atoms with Crippen molar-refractivity contribution in [3.05, 3.63) is 41.1 Å². The van der Waals surface area contributed by atoms with Gasteiger partial charge in [0.2, 0.25) is 0 Å². The molecule has 2 aliphatic heterocycles. The largest absolute Gasteiger partial charge is 0.359 e. The zero-order valence-corrected chi connectivity index (χ0v) is 13.6. The minimum Gasteiger partial charge on any atom is -0.359 e. The standard InChI is InChI=1S/C17H19ClN2O3/c18-14-3-1-13(2-4-14)16-11-15(23-19-16)12-20-7-5-17(6-8-20)21-9-10-22-17/h1-4,11H,5-10,12H2. The SMILES string of the molecule is Clc1ccc(-c2cc(CN3CCC4(CC3)OCCO4)on2)cc1. The van der Waals surface area contributed by atoms with Crippen molar-refractivity contribution in [1.82, 2.24) is 10.1 Å². The quantitative estimate of drug-likeness (QED) is 0.861. The van der Waals surface area contributed by atoms with E-state index in [1.807, 2.05) is 30.3 Å². The second-order valence-electron chi connectivity index (χ2n) is 6.07. The molecule has 2 aliphatic rings. The molecule has 2 fully saturated rings. The molecule has 0 unspecified atom stereocenters. The highest BCUT2D eigenvalue weighted by atomic mass is 35.5. The number of benzene rings is 1. The summed E-state index contributed by atoms with van der Waals surface area (Å²) in [4.78, 5) is 2.35. The van der Waals surface area contributed by atoms with Crippen LogP contribution in [0.5, 0.6) is 0 Å². The van der Waals surface area contributed by atoms with Crippen molar-refractivity contribution in [2.24, 2.45) is 0 Å². The maximum Gasteiger partial charge on any atom is 0.170 e. The first-order chi connectivity index (χ1) is 11.2. The highest BCUT2D eigenvalue weighted by Crippen LogP contribution is 2.32. The van der Waals surface area contributed by atoms with Crippen molar-refractivity contribution >= 4 is 11.6 Å². The fraction of sp³-hybridized carbons (Fsp3) is 0.471. The van der Waals surface area contributed by atoms with Crippen LogP contribution in [0.4, 0.5) is 0 Å². The second kappa shape index (κ2) is 6.24. The summed E-state index contributed by atoms with van der Waals surface area (Å²) >= 11 is 5.91. The first-order valence-electron chi connectivity index (χ1n) is 7.94. The van der Waals surface area contributed by atoms with Crippen LogP contribution in [0.3, 0.4) is 0 Å². The molecule has 23 heavy (non-hydrogen) atoms. The Morgan fingerprint density at radius 1 is 1.09 bits per heavy atom. The summed E-state index contributed by atoms with van der Waals surface area (Å²) in [5, 5.41) is 4.88. The molecule has 0 bridgehead atoms. The topological polar surface area (TPSA) is 47.7 Å². The summed E-state index contributed by atoms with van der Waals surface area (Å²) in [6.45, 7) is 4.07. The Morgan fingerprint density at radius 3 is 2.48 bits per heavy atom. The molecule has 1 spiro atoms. The van der Waals surface area contributed by atoms with Gasteiger partial charge in [-0.1, -0.05) is 28.9 Å². The average Bonchev–Trinajstić information content (AvgIpc) is 3.21. The van der Waals surface area contributed by atoms with Crippen LogP contribution in [0.15, 0.2) is 34.9 Å². The molecule has 2 aromatic rings. The lowest BCUT2D eigenvalue weighted by Gasteiger charge is -2.37. The van der Waals surface area contributed by atoms with E-state index in [1.165, 1.54) is 0 Å². The Hall–Kier alpha value is -1.40. The van der Waals surface area contributed by atoms with Gasteiger partial charge in [0.1, 0.15) is 5.69 Å². The third-order valence-corrected chi connectivity index (χ3v) is 4.76. The van der Waals surface area contributed by atoms with E-state index < -0.39 is 0 Å². The van der Waals surface area contributed by atoms with E-state index in [-0.39, 0.29) is 5.79 Å². The number of likely N-dealkylation sites (tertiary alicyclic amines) is 1. The Labute approximate surface area is 140 Å². The van der Waals surface area contributed by atoms with Crippen LogP contribution in [0.2, 0.25) is 5.02 Å². The molecule has 1 aromatic carbocycles. The smallest absolute Gasteiger partial charge is 0.170 e. The lowest BCUT2D eigenvalue weighted by molar-refractivity contribution is -0.186. The maximum absolute atomic E-state index is 5.91. The van der Waals surface area contributed by atoms with Gasteiger partial charge in [-0.3, -0.25) is 4.90 Å². The first kappa shape index (κ1) is 15.1. The molecule has 1 aromatic heterocycles. The lowest BCUT2D eigenvalue weighted by atomic mass is 10.0. The fourth-order valence-electron chi connectivity index (χ4n) is 3.20. The minimum atomic E-state index is -0.327. The third kappa shape index (κ3) is 3.28. The van der Waals surface area contributed by atoms with Gasteiger partial charge in [0.25, 0.3) is 0 Å². The average molecular weight is 335 g/mol. The molecular weight excluding hydrogens is 316 g/mol. The molecular formula is C17H19ClN2O3. The fourth-order valence-corrected chi connectivity index (χ4v) is 3.33. The highest BCUT2D eigenvalue weighted by Gasteiger charge is 2.39. The Kier molecular flexibility index (Phi) is 4.11. The molecule has 6 heteroatoms.